The second kappa shape index (κ2) is 6.02. The van der Waals surface area contributed by atoms with Gasteiger partial charge in [-0.25, -0.2) is 25.9 Å². The van der Waals surface area contributed by atoms with Crippen LogP contribution in [-0.2, 0) is 25.6 Å². The normalized spacial score (nSPS) is 22.1. The monoisotopic (exact) mass is 335 g/mol. The van der Waals surface area contributed by atoms with Crippen molar-refractivity contribution in [1.29, 1.82) is 0 Å². The van der Waals surface area contributed by atoms with Crippen molar-refractivity contribution in [3.8, 4) is 0 Å². The Hall–Kier alpha value is -0.990. The number of nitrogens with one attached hydrogen (secondary N) is 1. The summed E-state index contributed by atoms with van der Waals surface area (Å²) < 4.78 is 63.2. The summed E-state index contributed by atoms with van der Waals surface area (Å²) >= 11 is 0. The minimum Gasteiger partial charge on any atom is -0.229 e. The second-order valence-electron chi connectivity index (χ2n) is 5.43. The van der Waals surface area contributed by atoms with E-state index in [-0.39, 0.29) is 17.1 Å². The highest BCUT2D eigenvalue weighted by atomic mass is 32.2. The molecule has 0 saturated carbocycles. The molecule has 0 radical (unpaired) electrons. The van der Waals surface area contributed by atoms with Gasteiger partial charge in [-0.2, -0.15) is 0 Å². The molecule has 8 heteroatoms. The molecule has 1 N–H and O–H groups in total. The van der Waals surface area contributed by atoms with Gasteiger partial charge in [0.25, 0.3) is 0 Å². The van der Waals surface area contributed by atoms with Gasteiger partial charge >= 0.3 is 0 Å². The molecule has 0 amide bonds. The molecular weight excluding hydrogens is 317 g/mol. The van der Waals surface area contributed by atoms with E-state index in [1.165, 1.54) is 12.1 Å². The number of hydrogen-bond donors (Lipinski definition) is 1. The molecule has 1 fully saturated rings. The highest BCUT2D eigenvalue weighted by Crippen LogP contribution is 2.16. The van der Waals surface area contributed by atoms with Crippen molar-refractivity contribution in [3.05, 3.63) is 35.1 Å². The number of hydrogen-bond acceptors (Lipinski definition) is 4. The number of aryl methyl sites for hydroxylation is 1. The summed E-state index contributed by atoms with van der Waals surface area (Å²) in [7, 11) is -6.97. The van der Waals surface area contributed by atoms with Crippen molar-refractivity contribution >= 4 is 19.9 Å². The number of halogens is 1. The Bertz CT molecular complexity index is 729. The minimum atomic E-state index is -3.77. The first-order valence-electron chi connectivity index (χ1n) is 6.62. The number of benzene rings is 1. The first-order valence-corrected chi connectivity index (χ1v) is 10.1. The van der Waals surface area contributed by atoms with Crippen molar-refractivity contribution in [1.82, 2.24) is 4.72 Å². The van der Waals surface area contributed by atoms with Crippen LogP contribution in [0.15, 0.2) is 18.2 Å². The lowest BCUT2D eigenvalue weighted by molar-refractivity contribution is 0.516. The van der Waals surface area contributed by atoms with Crippen molar-refractivity contribution in [3.63, 3.8) is 0 Å². The van der Waals surface area contributed by atoms with Crippen molar-refractivity contribution in [2.75, 3.05) is 11.5 Å². The van der Waals surface area contributed by atoms with Gasteiger partial charge in [-0.1, -0.05) is 12.1 Å². The van der Waals surface area contributed by atoms with Crippen LogP contribution in [0.2, 0.25) is 0 Å². The van der Waals surface area contributed by atoms with Crippen LogP contribution in [-0.4, -0.2) is 34.4 Å². The van der Waals surface area contributed by atoms with Gasteiger partial charge in [-0.05, 0) is 31.4 Å². The van der Waals surface area contributed by atoms with Gasteiger partial charge in [0.1, 0.15) is 5.82 Å². The molecule has 1 unspecified atom stereocenters. The third-order valence-electron chi connectivity index (χ3n) is 3.36. The van der Waals surface area contributed by atoms with E-state index in [1.54, 1.807) is 13.0 Å². The van der Waals surface area contributed by atoms with Crippen LogP contribution >= 0.6 is 0 Å². The predicted molar refractivity (Wildman–Crippen MR) is 78.6 cm³/mol. The topological polar surface area (TPSA) is 80.3 Å². The van der Waals surface area contributed by atoms with Gasteiger partial charge < -0.3 is 0 Å². The van der Waals surface area contributed by atoms with Gasteiger partial charge in [0, 0.05) is 11.6 Å². The summed E-state index contributed by atoms with van der Waals surface area (Å²) in [5, 5.41) is 0. The smallest absolute Gasteiger partial charge is 0.216 e. The van der Waals surface area contributed by atoms with Crippen molar-refractivity contribution < 1.29 is 21.2 Å². The first-order chi connectivity index (χ1) is 9.67. The fraction of sp³-hybridized carbons (Fsp3) is 0.538. The predicted octanol–water partition coefficient (Wildman–Crippen LogP) is 1.13. The summed E-state index contributed by atoms with van der Waals surface area (Å²) in [6.45, 7) is 1.71. The van der Waals surface area contributed by atoms with Crippen LogP contribution in [0, 0.1) is 12.7 Å². The molecular formula is C13H18FNO4S2. The lowest BCUT2D eigenvalue weighted by Crippen LogP contribution is -2.43. The highest BCUT2D eigenvalue weighted by molar-refractivity contribution is 7.91. The lowest BCUT2D eigenvalue weighted by Gasteiger charge is -2.22. The molecule has 2 rings (SSSR count). The average molecular weight is 335 g/mol. The fourth-order valence-corrected chi connectivity index (χ4v) is 5.56. The third-order valence-corrected chi connectivity index (χ3v) is 6.57. The standard InChI is InChI=1S/C13H18FNO4S2/c1-10-4-5-11(13(14)7-10)8-21(18,19)15-12-3-2-6-20(16,17)9-12/h4-5,7,12,15H,2-3,6,8-9H2,1H3. The molecule has 1 aliphatic heterocycles. The Kier molecular flexibility index (Phi) is 4.69. The summed E-state index contributed by atoms with van der Waals surface area (Å²) in [5.74, 6) is -1.16. The Morgan fingerprint density at radius 1 is 1.38 bits per heavy atom. The molecule has 1 heterocycles. The van der Waals surface area contributed by atoms with Crippen molar-refractivity contribution in [2.24, 2.45) is 0 Å². The molecule has 1 atom stereocenters. The maximum Gasteiger partial charge on any atom is 0.216 e. The van der Waals surface area contributed by atoms with E-state index in [4.69, 9.17) is 0 Å². The molecule has 0 spiro atoms. The Balaban J connectivity index is 2.08. The van der Waals surface area contributed by atoms with Crippen LogP contribution in [0.1, 0.15) is 24.0 Å². The van der Waals surface area contributed by atoms with Gasteiger partial charge in [-0.15, -0.1) is 0 Å². The van der Waals surface area contributed by atoms with Gasteiger partial charge in [-0.3, -0.25) is 0 Å². The Labute approximate surface area is 124 Å². The van der Waals surface area contributed by atoms with Crippen LogP contribution in [0.25, 0.3) is 0 Å². The Morgan fingerprint density at radius 3 is 2.71 bits per heavy atom. The summed E-state index contributed by atoms with van der Waals surface area (Å²) in [6.07, 6.45) is 0.920. The molecule has 1 aromatic carbocycles. The van der Waals surface area contributed by atoms with E-state index < -0.39 is 37.5 Å². The molecule has 1 aliphatic rings. The van der Waals surface area contributed by atoms with E-state index in [1.807, 2.05) is 0 Å². The summed E-state index contributed by atoms with van der Waals surface area (Å²) in [6, 6.07) is 3.72. The highest BCUT2D eigenvalue weighted by Gasteiger charge is 2.28. The van der Waals surface area contributed by atoms with E-state index >= 15 is 0 Å². The van der Waals surface area contributed by atoms with E-state index in [2.05, 4.69) is 4.72 Å². The zero-order chi connectivity index (χ0) is 15.7. The zero-order valence-electron chi connectivity index (χ0n) is 11.7. The van der Waals surface area contributed by atoms with E-state index in [0.717, 1.165) is 0 Å². The Morgan fingerprint density at radius 2 is 2.10 bits per heavy atom. The molecule has 1 saturated heterocycles. The quantitative estimate of drug-likeness (QED) is 0.894. The minimum absolute atomic E-state index is 0.0757. The number of sulfone groups is 1. The van der Waals surface area contributed by atoms with Crippen LogP contribution in [0.5, 0.6) is 0 Å². The maximum absolute atomic E-state index is 13.7. The fourth-order valence-electron chi connectivity index (χ4n) is 2.39. The lowest BCUT2D eigenvalue weighted by atomic mass is 10.2. The molecule has 118 valence electrons. The van der Waals surface area contributed by atoms with E-state index in [0.29, 0.717) is 18.4 Å². The molecule has 0 aliphatic carbocycles. The third kappa shape index (κ3) is 4.76. The molecule has 0 bridgehead atoms. The van der Waals surface area contributed by atoms with Gasteiger partial charge in [0.2, 0.25) is 10.0 Å². The van der Waals surface area contributed by atoms with Crippen LogP contribution in [0.4, 0.5) is 4.39 Å². The van der Waals surface area contributed by atoms with Crippen molar-refractivity contribution in [2.45, 2.75) is 31.6 Å². The van der Waals surface area contributed by atoms with E-state index in [9.17, 15) is 21.2 Å². The first kappa shape index (κ1) is 16.4. The largest absolute Gasteiger partial charge is 0.229 e. The molecule has 21 heavy (non-hydrogen) atoms. The zero-order valence-corrected chi connectivity index (χ0v) is 13.3. The van der Waals surface area contributed by atoms with Gasteiger partial charge in [0.05, 0.1) is 17.3 Å². The molecule has 1 aromatic rings. The maximum atomic E-state index is 13.7. The molecule has 0 aromatic heterocycles. The number of rotatable bonds is 4. The van der Waals surface area contributed by atoms with Crippen LogP contribution in [0.3, 0.4) is 0 Å². The summed E-state index contributed by atoms with van der Waals surface area (Å²) in [5.41, 5.74) is 0.784. The average Bonchev–Trinajstić information content (AvgIpc) is 2.30. The second-order valence-corrected chi connectivity index (χ2v) is 9.41. The summed E-state index contributed by atoms with van der Waals surface area (Å²) in [4.78, 5) is 0. The SMILES string of the molecule is Cc1ccc(CS(=O)(=O)NC2CCCS(=O)(=O)C2)c(F)c1. The number of sulfonamides is 1. The van der Waals surface area contributed by atoms with Crippen LogP contribution < -0.4 is 4.72 Å². The molecule has 5 nitrogen and oxygen atoms in total. The van der Waals surface area contributed by atoms with Gasteiger partial charge in [0.15, 0.2) is 9.84 Å².